The van der Waals surface area contributed by atoms with Gasteiger partial charge in [-0.2, -0.15) is 0 Å². The first-order valence-electron chi connectivity index (χ1n) is 10.1. The number of pyridine rings is 1. The standard InChI is InChI=1S/C20H27N7O3/c1-14-7-15(9-21-8-14)18(28)26-6-4-5-20(12-26)13-27-17(11-30-20)16(23-24-27)10-22-19(29)25(2)3/h7-9H,4-6,10-13H2,1-3H3,(H,22,29). The smallest absolute Gasteiger partial charge is 0.317 e. The predicted octanol–water partition coefficient (Wildman–Crippen LogP) is 0.958. The molecule has 2 aliphatic rings. The van der Waals surface area contributed by atoms with Crippen molar-refractivity contribution >= 4 is 11.9 Å². The van der Waals surface area contributed by atoms with Crippen LogP contribution in [0.1, 0.15) is 40.2 Å². The zero-order valence-corrected chi connectivity index (χ0v) is 17.6. The Kier molecular flexibility index (Phi) is 5.42. The van der Waals surface area contributed by atoms with E-state index in [1.54, 1.807) is 26.5 Å². The zero-order chi connectivity index (χ0) is 21.3. The van der Waals surface area contributed by atoms with Crippen LogP contribution in [0.4, 0.5) is 4.79 Å². The van der Waals surface area contributed by atoms with Crippen molar-refractivity contribution in [3.63, 3.8) is 0 Å². The molecule has 1 fully saturated rings. The van der Waals surface area contributed by atoms with Gasteiger partial charge in [-0.3, -0.25) is 9.78 Å². The molecule has 0 aromatic carbocycles. The number of amides is 3. The van der Waals surface area contributed by atoms with E-state index in [9.17, 15) is 9.59 Å². The molecule has 10 nitrogen and oxygen atoms in total. The third kappa shape index (κ3) is 4.00. The number of hydrogen-bond acceptors (Lipinski definition) is 6. The Bertz CT molecular complexity index is 958. The van der Waals surface area contributed by atoms with E-state index in [-0.39, 0.29) is 11.9 Å². The molecular formula is C20H27N7O3. The highest BCUT2D eigenvalue weighted by molar-refractivity contribution is 5.94. The van der Waals surface area contributed by atoms with Gasteiger partial charge in [0.05, 0.1) is 37.5 Å². The quantitative estimate of drug-likeness (QED) is 0.804. The van der Waals surface area contributed by atoms with Gasteiger partial charge >= 0.3 is 6.03 Å². The number of nitrogens with one attached hydrogen (secondary N) is 1. The van der Waals surface area contributed by atoms with Gasteiger partial charge in [-0.05, 0) is 31.4 Å². The average molecular weight is 413 g/mol. The van der Waals surface area contributed by atoms with Crippen LogP contribution in [0.2, 0.25) is 0 Å². The molecule has 160 valence electrons. The van der Waals surface area contributed by atoms with Gasteiger partial charge in [0, 0.05) is 33.0 Å². The number of fused-ring (bicyclic) bond motifs is 1. The van der Waals surface area contributed by atoms with Crippen molar-refractivity contribution in [3.8, 4) is 0 Å². The SMILES string of the molecule is Cc1cncc(C(=O)N2CCCC3(C2)Cn2nnc(CNC(=O)N(C)C)c2CO3)c1. The van der Waals surface area contributed by atoms with Gasteiger partial charge in [0.15, 0.2) is 0 Å². The summed E-state index contributed by atoms with van der Waals surface area (Å²) in [6, 6.07) is 1.68. The fraction of sp³-hybridized carbons (Fsp3) is 0.550. The van der Waals surface area contributed by atoms with Crippen LogP contribution in [0, 0.1) is 6.92 Å². The lowest BCUT2D eigenvalue weighted by atomic mass is 9.91. The van der Waals surface area contributed by atoms with Crippen LogP contribution in [0.3, 0.4) is 0 Å². The molecule has 0 bridgehead atoms. The van der Waals surface area contributed by atoms with Crippen molar-refractivity contribution < 1.29 is 14.3 Å². The van der Waals surface area contributed by atoms with Gasteiger partial charge in [-0.1, -0.05) is 5.21 Å². The van der Waals surface area contributed by atoms with E-state index < -0.39 is 5.60 Å². The van der Waals surface area contributed by atoms with Crippen molar-refractivity contribution in [1.82, 2.24) is 35.1 Å². The predicted molar refractivity (Wildman–Crippen MR) is 108 cm³/mol. The highest BCUT2D eigenvalue weighted by atomic mass is 16.5. The average Bonchev–Trinajstić information content (AvgIpc) is 3.13. The van der Waals surface area contributed by atoms with E-state index in [0.717, 1.165) is 24.1 Å². The number of carbonyl (C=O) groups excluding carboxylic acids is 2. The number of hydrogen-bond donors (Lipinski definition) is 1. The number of ether oxygens (including phenoxy) is 1. The molecule has 30 heavy (non-hydrogen) atoms. The first-order chi connectivity index (χ1) is 14.4. The third-order valence-electron chi connectivity index (χ3n) is 5.63. The summed E-state index contributed by atoms with van der Waals surface area (Å²) in [4.78, 5) is 32.2. The fourth-order valence-electron chi connectivity index (χ4n) is 4.02. The van der Waals surface area contributed by atoms with Gasteiger partial charge in [-0.15, -0.1) is 5.10 Å². The minimum Gasteiger partial charge on any atom is -0.365 e. The van der Waals surface area contributed by atoms with Crippen LogP contribution in [-0.4, -0.2) is 74.5 Å². The minimum atomic E-state index is -0.476. The summed E-state index contributed by atoms with van der Waals surface area (Å²) in [6.07, 6.45) is 5.07. The fourth-order valence-corrected chi connectivity index (χ4v) is 4.02. The number of piperidine rings is 1. The van der Waals surface area contributed by atoms with Crippen molar-refractivity contribution in [2.45, 2.75) is 45.1 Å². The molecule has 1 atom stereocenters. The van der Waals surface area contributed by atoms with E-state index in [1.807, 2.05) is 22.6 Å². The molecule has 4 rings (SSSR count). The molecule has 0 radical (unpaired) electrons. The molecule has 1 saturated heterocycles. The van der Waals surface area contributed by atoms with Crippen molar-refractivity contribution in [2.75, 3.05) is 27.2 Å². The van der Waals surface area contributed by atoms with Crippen LogP contribution in [0.15, 0.2) is 18.5 Å². The van der Waals surface area contributed by atoms with Crippen molar-refractivity contribution in [2.24, 2.45) is 0 Å². The van der Waals surface area contributed by atoms with Crippen LogP contribution >= 0.6 is 0 Å². The van der Waals surface area contributed by atoms with Gasteiger partial charge in [0.2, 0.25) is 0 Å². The molecule has 1 spiro atoms. The topological polar surface area (TPSA) is 105 Å². The summed E-state index contributed by atoms with van der Waals surface area (Å²) in [5, 5.41) is 11.3. The molecular weight excluding hydrogens is 386 g/mol. The minimum absolute atomic E-state index is 0.0228. The molecule has 4 heterocycles. The molecule has 2 aromatic rings. The monoisotopic (exact) mass is 413 g/mol. The molecule has 0 aliphatic carbocycles. The Labute approximate surface area is 175 Å². The van der Waals surface area contributed by atoms with Crippen LogP contribution in [-0.2, 0) is 24.4 Å². The third-order valence-corrected chi connectivity index (χ3v) is 5.63. The van der Waals surface area contributed by atoms with Crippen LogP contribution in [0.25, 0.3) is 0 Å². The summed E-state index contributed by atoms with van der Waals surface area (Å²) >= 11 is 0. The maximum absolute atomic E-state index is 13.0. The van der Waals surface area contributed by atoms with Crippen LogP contribution < -0.4 is 5.32 Å². The van der Waals surface area contributed by atoms with Crippen molar-refractivity contribution in [1.29, 1.82) is 0 Å². The van der Waals surface area contributed by atoms with Gasteiger partial charge in [0.25, 0.3) is 5.91 Å². The highest BCUT2D eigenvalue weighted by Gasteiger charge is 2.42. The second-order valence-corrected chi connectivity index (χ2v) is 8.25. The van der Waals surface area contributed by atoms with E-state index >= 15 is 0 Å². The Morgan fingerprint density at radius 1 is 1.30 bits per heavy atom. The van der Waals surface area contributed by atoms with E-state index in [1.165, 1.54) is 4.90 Å². The number of aryl methyl sites for hydroxylation is 1. The molecule has 3 amide bonds. The maximum Gasteiger partial charge on any atom is 0.317 e. The number of carbonyl (C=O) groups is 2. The Morgan fingerprint density at radius 2 is 2.13 bits per heavy atom. The van der Waals surface area contributed by atoms with Gasteiger partial charge < -0.3 is 19.9 Å². The Morgan fingerprint density at radius 3 is 2.90 bits per heavy atom. The second kappa shape index (κ2) is 8.02. The molecule has 0 saturated carbocycles. The first kappa shape index (κ1) is 20.3. The largest absolute Gasteiger partial charge is 0.365 e. The number of likely N-dealkylation sites (tertiary alicyclic amines) is 1. The molecule has 1 N–H and O–H groups in total. The highest BCUT2D eigenvalue weighted by Crippen LogP contribution is 2.33. The number of nitrogens with zero attached hydrogens (tertiary/aromatic N) is 6. The molecule has 10 heteroatoms. The summed E-state index contributed by atoms with van der Waals surface area (Å²) in [6.45, 7) is 4.32. The molecule has 2 aliphatic heterocycles. The van der Waals surface area contributed by atoms with Gasteiger partial charge in [0.1, 0.15) is 11.3 Å². The molecule has 2 aromatic heterocycles. The van der Waals surface area contributed by atoms with E-state index in [2.05, 4.69) is 20.6 Å². The van der Waals surface area contributed by atoms with E-state index in [0.29, 0.717) is 44.0 Å². The summed E-state index contributed by atoms with van der Waals surface area (Å²) in [5.74, 6) is -0.0228. The lowest BCUT2D eigenvalue weighted by molar-refractivity contribution is -0.122. The van der Waals surface area contributed by atoms with Gasteiger partial charge in [-0.25, -0.2) is 9.48 Å². The van der Waals surface area contributed by atoms with Crippen LogP contribution in [0.5, 0.6) is 0 Å². The zero-order valence-electron chi connectivity index (χ0n) is 17.6. The summed E-state index contributed by atoms with van der Waals surface area (Å²) in [7, 11) is 3.37. The lowest BCUT2D eigenvalue weighted by Gasteiger charge is -2.44. The van der Waals surface area contributed by atoms with E-state index in [4.69, 9.17) is 4.74 Å². The number of rotatable bonds is 3. The Hall–Kier alpha value is -3.01. The normalized spacial score (nSPS) is 20.7. The maximum atomic E-state index is 13.0. The summed E-state index contributed by atoms with van der Waals surface area (Å²) in [5.41, 5.74) is 2.65. The number of aromatic nitrogens is 4. The first-order valence-corrected chi connectivity index (χ1v) is 10.1. The second-order valence-electron chi connectivity index (χ2n) is 8.25. The molecule has 1 unspecified atom stereocenters. The Balaban J connectivity index is 1.45. The lowest BCUT2D eigenvalue weighted by Crippen LogP contribution is -2.55. The van der Waals surface area contributed by atoms with Crippen molar-refractivity contribution in [3.05, 3.63) is 41.0 Å². The summed E-state index contributed by atoms with van der Waals surface area (Å²) < 4.78 is 8.14. The number of urea groups is 1.